The molecule has 3 aromatic rings. The number of piperazine rings is 1. The molecular weight excluding hydrogens is 703 g/mol. The van der Waals surface area contributed by atoms with E-state index in [1.807, 2.05) is 23.5 Å². The van der Waals surface area contributed by atoms with Crippen LogP contribution in [-0.4, -0.2) is 62.8 Å². The van der Waals surface area contributed by atoms with Crippen molar-refractivity contribution in [1.29, 1.82) is 0 Å². The zero-order chi connectivity index (χ0) is 38.7. The topological polar surface area (TPSA) is 62.3 Å². The highest BCUT2D eigenvalue weighted by atomic mass is 32.1. The fraction of sp³-hybridized carbons (Fsp3) is 0.660. The Hall–Kier alpha value is -3.10. The van der Waals surface area contributed by atoms with Gasteiger partial charge in [0.1, 0.15) is 5.75 Å². The fourth-order valence-corrected chi connectivity index (χ4v) is 9.17. The molecule has 0 aliphatic carbocycles. The highest BCUT2D eigenvalue weighted by Crippen LogP contribution is 2.42. The Morgan fingerprint density at radius 2 is 1.40 bits per heavy atom. The number of thiophene rings is 1. The van der Waals surface area contributed by atoms with Crippen molar-refractivity contribution in [3.8, 4) is 5.75 Å². The van der Waals surface area contributed by atoms with E-state index in [-0.39, 0.29) is 24.0 Å². The summed E-state index contributed by atoms with van der Waals surface area (Å²) in [4.78, 5) is 32.7. The minimum Gasteiger partial charge on any atom is -0.494 e. The number of nitrogens with zero attached hydrogens (tertiary/aromatic N) is 3. The van der Waals surface area contributed by atoms with Gasteiger partial charge < -0.3 is 14.4 Å². The molecule has 2 aliphatic heterocycles. The SMILES string of the molecule is CCCCCCCCCCCCCCCCCCC(=O)OCN1C(=O)CC(C)(C)c2ccc(OCCCCN3CCN(c4cccc5sccc45)CC3)cc21. The van der Waals surface area contributed by atoms with Crippen LogP contribution in [0.5, 0.6) is 5.75 Å². The second-order valence-electron chi connectivity index (χ2n) is 16.8. The molecule has 0 unspecified atom stereocenters. The average molecular weight is 774 g/mol. The summed E-state index contributed by atoms with van der Waals surface area (Å²) in [6.45, 7) is 12.4. The first-order valence-electron chi connectivity index (χ1n) is 22.0. The summed E-state index contributed by atoms with van der Waals surface area (Å²) >= 11 is 1.81. The monoisotopic (exact) mass is 774 g/mol. The number of unbranched alkanes of at least 4 members (excludes halogenated alkanes) is 16. The summed E-state index contributed by atoms with van der Waals surface area (Å²) in [6.07, 6.45) is 23.7. The van der Waals surface area contributed by atoms with Gasteiger partial charge in [0.05, 0.1) is 12.3 Å². The summed E-state index contributed by atoms with van der Waals surface area (Å²) in [7, 11) is 0. The van der Waals surface area contributed by atoms with Gasteiger partial charge in [0.2, 0.25) is 5.91 Å². The number of benzene rings is 2. The number of fused-ring (bicyclic) bond motifs is 2. The maximum Gasteiger partial charge on any atom is 0.307 e. The van der Waals surface area contributed by atoms with Gasteiger partial charge in [0, 0.05) is 66.3 Å². The molecule has 2 aromatic carbocycles. The number of amides is 1. The summed E-state index contributed by atoms with van der Waals surface area (Å²) in [5.74, 6) is 0.514. The Labute approximate surface area is 337 Å². The van der Waals surface area contributed by atoms with Crippen molar-refractivity contribution >= 4 is 44.7 Å². The number of esters is 1. The molecule has 2 aliphatic rings. The number of ether oxygens (including phenoxy) is 2. The van der Waals surface area contributed by atoms with Crippen LogP contribution in [0.3, 0.4) is 0 Å². The first-order valence-corrected chi connectivity index (χ1v) is 22.9. The van der Waals surface area contributed by atoms with E-state index in [9.17, 15) is 9.59 Å². The Bertz CT molecular complexity index is 1580. The Morgan fingerprint density at radius 3 is 2.07 bits per heavy atom. The molecule has 0 bridgehead atoms. The summed E-state index contributed by atoms with van der Waals surface area (Å²) < 4.78 is 13.3. The molecule has 3 heterocycles. The molecular formula is C47H71N3O4S. The number of hydrogen-bond acceptors (Lipinski definition) is 7. The van der Waals surface area contributed by atoms with Gasteiger partial charge >= 0.3 is 5.97 Å². The standard InChI is InChI=1S/C47H71N3O4S/c1-4-5-6-7-8-9-10-11-12-13-14-15-16-17-18-19-25-46(52)54-38-50-43-36-39(26-27-41(43)47(2,3)37-45(50)51)53-34-21-20-29-48-30-32-49(33-31-48)42-23-22-24-44-40(42)28-35-55-44/h22-24,26-28,35-36H,4-21,25,29-34,37-38H2,1-3H3. The quantitative estimate of drug-likeness (QED) is 0.0598. The molecule has 1 aromatic heterocycles. The van der Waals surface area contributed by atoms with E-state index >= 15 is 0 Å². The van der Waals surface area contributed by atoms with E-state index in [0.717, 1.165) is 75.4 Å². The van der Waals surface area contributed by atoms with E-state index in [1.165, 1.54) is 106 Å². The van der Waals surface area contributed by atoms with E-state index in [1.54, 1.807) is 4.90 Å². The lowest BCUT2D eigenvalue weighted by molar-refractivity contribution is -0.144. The predicted octanol–water partition coefficient (Wildman–Crippen LogP) is 12.0. The maximum atomic E-state index is 13.3. The Morgan fingerprint density at radius 1 is 0.745 bits per heavy atom. The van der Waals surface area contributed by atoms with Crippen LogP contribution < -0.4 is 14.5 Å². The molecule has 8 heteroatoms. The number of rotatable bonds is 26. The lowest BCUT2D eigenvalue weighted by atomic mass is 9.77. The van der Waals surface area contributed by atoms with Gasteiger partial charge in [-0.25, -0.2) is 0 Å². The molecule has 0 saturated carbocycles. The van der Waals surface area contributed by atoms with Crippen molar-refractivity contribution in [1.82, 2.24) is 4.90 Å². The summed E-state index contributed by atoms with van der Waals surface area (Å²) in [5, 5.41) is 3.56. The smallest absolute Gasteiger partial charge is 0.307 e. The van der Waals surface area contributed by atoms with Crippen molar-refractivity contribution in [2.24, 2.45) is 0 Å². The fourth-order valence-electron chi connectivity index (χ4n) is 8.36. The third-order valence-electron chi connectivity index (χ3n) is 11.8. The number of carbonyl (C=O) groups excluding carboxylic acids is 2. The molecule has 1 saturated heterocycles. The van der Waals surface area contributed by atoms with Crippen LogP contribution in [0.4, 0.5) is 11.4 Å². The highest BCUT2D eigenvalue weighted by Gasteiger charge is 2.37. The lowest BCUT2D eigenvalue weighted by Crippen LogP contribution is -2.46. The van der Waals surface area contributed by atoms with Crippen molar-refractivity contribution in [2.75, 3.05) is 55.9 Å². The van der Waals surface area contributed by atoms with Gasteiger partial charge in [0.25, 0.3) is 0 Å². The van der Waals surface area contributed by atoms with E-state index in [2.05, 4.69) is 66.3 Å². The van der Waals surface area contributed by atoms with E-state index in [4.69, 9.17) is 9.47 Å². The van der Waals surface area contributed by atoms with E-state index < -0.39 is 0 Å². The molecule has 304 valence electrons. The minimum atomic E-state index is -0.292. The molecule has 5 rings (SSSR count). The molecule has 0 N–H and O–H groups in total. The molecule has 0 spiro atoms. The first kappa shape index (κ1) is 43.0. The van der Waals surface area contributed by atoms with Crippen molar-refractivity contribution in [2.45, 2.75) is 155 Å². The second kappa shape index (κ2) is 23.2. The van der Waals surface area contributed by atoms with Crippen molar-refractivity contribution in [3.63, 3.8) is 0 Å². The predicted molar refractivity (Wildman–Crippen MR) is 232 cm³/mol. The molecule has 0 atom stereocenters. The lowest BCUT2D eigenvalue weighted by Gasteiger charge is -2.38. The van der Waals surface area contributed by atoms with Gasteiger partial charge in [-0.3, -0.25) is 19.4 Å². The number of hydrogen-bond donors (Lipinski definition) is 0. The largest absolute Gasteiger partial charge is 0.494 e. The molecule has 1 fully saturated rings. The third-order valence-corrected chi connectivity index (χ3v) is 12.7. The van der Waals surface area contributed by atoms with Gasteiger partial charge in [-0.2, -0.15) is 0 Å². The molecule has 55 heavy (non-hydrogen) atoms. The third kappa shape index (κ3) is 13.8. The van der Waals surface area contributed by atoms with Crippen LogP contribution >= 0.6 is 11.3 Å². The van der Waals surface area contributed by atoms with Gasteiger partial charge in [0.15, 0.2) is 6.73 Å². The molecule has 7 nitrogen and oxygen atoms in total. The van der Waals surface area contributed by atoms with Crippen molar-refractivity contribution in [3.05, 3.63) is 53.4 Å². The maximum absolute atomic E-state index is 13.3. The molecule has 1 amide bonds. The van der Waals surface area contributed by atoms with Gasteiger partial charge in [-0.15, -0.1) is 11.3 Å². The van der Waals surface area contributed by atoms with Crippen LogP contribution in [0.25, 0.3) is 10.1 Å². The van der Waals surface area contributed by atoms with Gasteiger partial charge in [-0.1, -0.05) is 129 Å². The van der Waals surface area contributed by atoms with Crippen LogP contribution in [-0.2, 0) is 19.7 Å². The highest BCUT2D eigenvalue weighted by molar-refractivity contribution is 7.17. The van der Waals surface area contributed by atoms with Gasteiger partial charge in [-0.05, 0) is 61.0 Å². The summed E-state index contributed by atoms with van der Waals surface area (Å²) in [5.41, 5.74) is 2.95. The van der Waals surface area contributed by atoms with Crippen LogP contribution in [0.1, 0.15) is 155 Å². The zero-order valence-electron chi connectivity index (χ0n) is 34.6. The van der Waals surface area contributed by atoms with Crippen LogP contribution in [0.15, 0.2) is 47.8 Å². The number of anilines is 2. The Balaban J connectivity index is 0.935. The normalized spacial score (nSPS) is 15.8. The van der Waals surface area contributed by atoms with E-state index in [0.29, 0.717) is 19.4 Å². The number of carbonyl (C=O) groups is 2. The first-order chi connectivity index (χ1) is 26.9. The zero-order valence-corrected chi connectivity index (χ0v) is 35.4. The average Bonchev–Trinajstić information content (AvgIpc) is 3.67. The van der Waals surface area contributed by atoms with Crippen molar-refractivity contribution < 1.29 is 19.1 Å². The Kier molecular flexibility index (Phi) is 18.2. The van der Waals surface area contributed by atoms with Crippen LogP contribution in [0, 0.1) is 0 Å². The minimum absolute atomic E-state index is 0.0167. The summed E-state index contributed by atoms with van der Waals surface area (Å²) in [6, 6.07) is 15.0. The molecule has 0 radical (unpaired) electrons. The van der Waals surface area contributed by atoms with Crippen LogP contribution in [0.2, 0.25) is 0 Å². The second-order valence-corrected chi connectivity index (χ2v) is 17.7.